The molecule has 1 saturated heterocycles. The van der Waals surface area contributed by atoms with Crippen molar-refractivity contribution in [3.05, 3.63) is 63.0 Å². The van der Waals surface area contributed by atoms with E-state index in [1.54, 1.807) is 24.1 Å². The topological polar surface area (TPSA) is 193 Å². The summed E-state index contributed by atoms with van der Waals surface area (Å²) in [6.07, 6.45) is 4.75. The van der Waals surface area contributed by atoms with Gasteiger partial charge in [-0.15, -0.1) is 0 Å². The zero-order valence-corrected chi connectivity index (χ0v) is 25.3. The highest BCUT2D eigenvalue weighted by Gasteiger charge is 2.57. The minimum atomic E-state index is -6.09. The van der Waals surface area contributed by atoms with Crippen LogP contribution in [0.2, 0.25) is 0 Å². The van der Waals surface area contributed by atoms with Crippen LogP contribution in [-0.4, -0.2) is 72.5 Å². The Bertz CT molecular complexity index is 1810. The van der Waals surface area contributed by atoms with Gasteiger partial charge in [-0.3, -0.25) is 19.1 Å². The number of halogens is 3. The number of nitro benzene ring substituents is 1. The summed E-state index contributed by atoms with van der Waals surface area (Å²) in [6, 6.07) is 5.31. The minimum Gasteiger partial charge on any atom is -0.741 e. The molecule has 0 bridgehead atoms. The second kappa shape index (κ2) is 12.0. The smallest absolute Gasteiger partial charge is 0.485 e. The fraction of sp³-hybridized carbons (Fsp3) is 0.375. The van der Waals surface area contributed by atoms with E-state index < -0.39 is 49.3 Å². The van der Waals surface area contributed by atoms with E-state index in [0.717, 1.165) is 9.71 Å². The first kappa shape index (κ1) is 33.2. The van der Waals surface area contributed by atoms with Crippen LogP contribution >= 0.6 is 11.3 Å². The Balaban J connectivity index is 0.000000488. The van der Waals surface area contributed by atoms with Crippen molar-refractivity contribution in [3.63, 3.8) is 0 Å². The third-order valence-electron chi connectivity index (χ3n) is 6.79. The second-order valence-electron chi connectivity index (χ2n) is 9.77. The molecule has 1 N–H and O–H groups in total. The summed E-state index contributed by atoms with van der Waals surface area (Å²) in [6.45, 7) is 1.43. The van der Waals surface area contributed by atoms with Crippen molar-refractivity contribution in [2.24, 2.45) is 13.0 Å². The van der Waals surface area contributed by atoms with Crippen LogP contribution in [0.4, 0.5) is 18.9 Å². The molecule has 238 valence electrons. The van der Waals surface area contributed by atoms with Crippen LogP contribution in [0.5, 0.6) is 0 Å². The summed E-state index contributed by atoms with van der Waals surface area (Å²) in [5.74, 6) is -1.63. The molecule has 5 rings (SSSR count). The summed E-state index contributed by atoms with van der Waals surface area (Å²) in [7, 11) is -5.51. The summed E-state index contributed by atoms with van der Waals surface area (Å²) >= 11 is 1.37. The van der Waals surface area contributed by atoms with Crippen LogP contribution in [0.3, 0.4) is 0 Å². The molecule has 2 aromatic heterocycles. The molecule has 1 unspecified atom stereocenters. The van der Waals surface area contributed by atoms with Gasteiger partial charge in [-0.1, -0.05) is 11.3 Å². The summed E-state index contributed by atoms with van der Waals surface area (Å²) in [4.78, 5) is 39.4. The third kappa shape index (κ3) is 6.25. The number of hydrogen-bond donors (Lipinski definition) is 1. The van der Waals surface area contributed by atoms with E-state index in [2.05, 4.69) is 0 Å². The normalized spacial score (nSPS) is 19.6. The van der Waals surface area contributed by atoms with E-state index in [4.69, 9.17) is 17.7 Å². The maximum Gasteiger partial charge on any atom is 0.485 e. The molecule has 1 amide bonds. The molecular formula is C24H23F3N4O10S3. The maximum absolute atomic E-state index is 13.3. The first-order valence-corrected chi connectivity index (χ1v) is 16.1. The number of aliphatic hydroxyl groups is 1. The van der Waals surface area contributed by atoms with Crippen LogP contribution in [0, 0.1) is 16.0 Å². The van der Waals surface area contributed by atoms with Gasteiger partial charge < -0.3 is 19.3 Å². The Morgan fingerprint density at radius 3 is 2.41 bits per heavy atom. The fourth-order valence-corrected chi connectivity index (χ4v) is 7.27. The number of amides is 1. The third-order valence-corrected chi connectivity index (χ3v) is 9.68. The lowest BCUT2D eigenvalue weighted by Gasteiger charge is -2.44. The predicted octanol–water partition coefficient (Wildman–Crippen LogP) is 1.59. The van der Waals surface area contributed by atoms with Crippen molar-refractivity contribution in [3.8, 4) is 0 Å². The molecule has 0 spiro atoms. The second-order valence-corrected chi connectivity index (χ2v) is 13.5. The number of ether oxygens (including phenoxy) is 1. The lowest BCUT2D eigenvalue weighted by molar-refractivity contribution is -0.508. The highest BCUT2D eigenvalue weighted by atomic mass is 32.2. The summed E-state index contributed by atoms with van der Waals surface area (Å²) < 4.78 is 80.3. The van der Waals surface area contributed by atoms with Crippen molar-refractivity contribution in [2.75, 3.05) is 6.26 Å². The number of thiazole rings is 1. The Labute approximate surface area is 253 Å². The van der Waals surface area contributed by atoms with E-state index in [1.165, 1.54) is 40.5 Å². The Kier molecular flexibility index (Phi) is 9.04. The van der Waals surface area contributed by atoms with Crippen molar-refractivity contribution < 1.29 is 59.1 Å². The molecular weight excluding hydrogens is 657 g/mol. The fourth-order valence-electron chi connectivity index (χ4n) is 4.87. The van der Waals surface area contributed by atoms with Crippen LogP contribution in [0.25, 0.3) is 10.4 Å². The molecule has 1 aromatic carbocycles. The quantitative estimate of drug-likeness (QED) is 0.0729. The van der Waals surface area contributed by atoms with Crippen LogP contribution in [0.1, 0.15) is 23.8 Å². The van der Waals surface area contributed by atoms with Crippen molar-refractivity contribution in [1.82, 2.24) is 9.47 Å². The number of imidazole rings is 1. The van der Waals surface area contributed by atoms with E-state index in [1.807, 2.05) is 17.6 Å². The van der Waals surface area contributed by atoms with Gasteiger partial charge in [0.25, 0.3) is 5.69 Å². The predicted molar refractivity (Wildman–Crippen MR) is 145 cm³/mol. The molecule has 4 heterocycles. The number of carbonyl (C=O) groups is 2. The molecule has 14 nitrogen and oxygen atoms in total. The first-order chi connectivity index (χ1) is 20.3. The van der Waals surface area contributed by atoms with Crippen LogP contribution in [0.15, 0.2) is 47.5 Å². The SMILES string of the molecule is C[C@@H](O)[C@H]1C(=O)N2C(C(=O)OCc3ccc([N+](=O)[O-])cc3)=C(c3c[n+]4cn(C)c(S(C)=O)c4s3)C[C@H]12.O=S(=O)([O-])C(F)(F)F. The van der Waals surface area contributed by atoms with Crippen molar-refractivity contribution in [2.45, 2.75) is 42.6 Å². The average molecular weight is 681 g/mol. The number of aliphatic hydroxyl groups excluding tert-OH is 1. The zero-order valence-electron chi connectivity index (χ0n) is 22.9. The van der Waals surface area contributed by atoms with Gasteiger partial charge in [0, 0.05) is 24.0 Å². The number of rotatable bonds is 7. The van der Waals surface area contributed by atoms with E-state index in [-0.39, 0.29) is 29.9 Å². The largest absolute Gasteiger partial charge is 0.741 e. The lowest BCUT2D eigenvalue weighted by atomic mass is 9.83. The number of non-ortho nitro benzene ring substituents is 1. The van der Waals surface area contributed by atoms with E-state index >= 15 is 0 Å². The van der Waals surface area contributed by atoms with Gasteiger partial charge in [0.1, 0.15) is 18.5 Å². The lowest BCUT2D eigenvalue weighted by Crippen LogP contribution is -2.61. The molecule has 0 radical (unpaired) electrons. The molecule has 20 heteroatoms. The summed E-state index contributed by atoms with van der Waals surface area (Å²) in [5.41, 5.74) is -4.38. The van der Waals surface area contributed by atoms with Gasteiger partial charge >= 0.3 is 11.5 Å². The number of nitrogens with zero attached hydrogens (tertiary/aromatic N) is 4. The number of β-lactam (4-membered cyclic amide) rings is 1. The van der Waals surface area contributed by atoms with Crippen LogP contribution in [-0.2, 0) is 48.9 Å². The number of carbonyl (C=O) groups excluding carboxylic acids is 2. The Hall–Kier alpha value is -3.72. The van der Waals surface area contributed by atoms with Gasteiger partial charge in [0.05, 0.1) is 45.7 Å². The Morgan fingerprint density at radius 2 is 1.91 bits per heavy atom. The highest BCUT2D eigenvalue weighted by molar-refractivity contribution is 7.86. The van der Waals surface area contributed by atoms with Crippen LogP contribution < -0.4 is 4.40 Å². The van der Waals surface area contributed by atoms with Crippen molar-refractivity contribution in [1.29, 1.82) is 0 Å². The molecule has 0 aliphatic carbocycles. The van der Waals surface area contributed by atoms with Gasteiger partial charge in [-0.05, 0) is 31.0 Å². The van der Waals surface area contributed by atoms with Gasteiger partial charge in [-0.2, -0.15) is 17.6 Å². The number of fused-ring (bicyclic) bond motifs is 2. The molecule has 44 heavy (non-hydrogen) atoms. The number of benzene rings is 1. The number of alkyl halides is 3. The molecule has 3 aromatic rings. The van der Waals surface area contributed by atoms with E-state index in [9.17, 15) is 42.2 Å². The number of hydrogen-bond acceptors (Lipinski definition) is 11. The van der Waals surface area contributed by atoms with Crippen molar-refractivity contribution >= 4 is 60.2 Å². The standard InChI is InChI=1S/C23H23N4O7S2.CHF3O3S/c1-12(28)18-16-8-15(17-9-25-11-24(2)22(36(3)33)21(25)35-17)19(26(16)20(18)29)23(30)34-10-13-4-6-14(7-5-13)27(31)32;2-1(3,4)8(5,6)7/h4-7,9,11-12,16,18,28H,8,10H2,1-3H3;(H,5,6,7)/q+1;/p-1/t12-,16-,18-,36?;/m1./s1. The average Bonchev–Trinajstić information content (AvgIpc) is 3.54. The zero-order chi connectivity index (χ0) is 32.9. The van der Waals surface area contributed by atoms with Gasteiger partial charge in [0.15, 0.2) is 10.1 Å². The maximum atomic E-state index is 13.3. The first-order valence-electron chi connectivity index (χ1n) is 12.3. The van der Waals surface area contributed by atoms with E-state index in [0.29, 0.717) is 22.6 Å². The molecule has 2 aliphatic heterocycles. The minimum absolute atomic E-state index is 0.0704. The molecule has 2 aliphatic rings. The molecule has 1 fully saturated rings. The number of nitro groups is 1. The number of aromatic nitrogens is 2. The monoisotopic (exact) mass is 680 g/mol. The molecule has 0 saturated carbocycles. The highest BCUT2D eigenvalue weighted by Crippen LogP contribution is 2.48. The molecule has 4 atom stereocenters. The number of aryl methyl sites for hydroxylation is 1. The van der Waals surface area contributed by atoms with Gasteiger partial charge in [0.2, 0.25) is 22.1 Å². The Morgan fingerprint density at radius 1 is 1.32 bits per heavy atom. The number of esters is 1. The summed E-state index contributed by atoms with van der Waals surface area (Å²) in [5, 5.41) is 21.6. The van der Waals surface area contributed by atoms with Gasteiger partial charge in [-0.25, -0.2) is 17.8 Å².